The van der Waals surface area contributed by atoms with Gasteiger partial charge in [-0.1, -0.05) is 31.5 Å². The number of unbranched alkanes of at least 4 members (excludes halogenated alkanes) is 2. The van der Waals surface area contributed by atoms with E-state index in [1.807, 2.05) is 6.92 Å². The minimum Gasteiger partial charge on any atom is -0.485 e. The summed E-state index contributed by atoms with van der Waals surface area (Å²) in [5.74, 6) is -1.16. The first-order chi connectivity index (χ1) is 24.7. The Labute approximate surface area is 300 Å². The van der Waals surface area contributed by atoms with Gasteiger partial charge in [-0.05, 0) is 68.3 Å². The molecular formula is C37H45F3N6O6. The van der Waals surface area contributed by atoms with Crippen LogP contribution in [0.15, 0.2) is 66.7 Å². The van der Waals surface area contributed by atoms with Crippen molar-refractivity contribution < 1.29 is 42.2 Å². The third kappa shape index (κ3) is 10.6. The highest BCUT2D eigenvalue weighted by Gasteiger charge is 2.35. The van der Waals surface area contributed by atoms with Gasteiger partial charge < -0.3 is 41.3 Å². The van der Waals surface area contributed by atoms with Crippen LogP contribution in [0.2, 0.25) is 0 Å². The number of anilines is 4. The molecule has 52 heavy (non-hydrogen) atoms. The lowest BCUT2D eigenvalue weighted by Crippen LogP contribution is -2.50. The number of aliphatic hydroxyl groups is 1. The molecule has 280 valence electrons. The number of hydrogen-bond acceptors (Lipinski definition) is 7. The smallest absolute Gasteiger partial charge is 0.416 e. The number of rotatable bonds is 13. The SMILES string of the molecule is C[C@H]1CN([C@@H](C)CO)C(=O)c2cccc(NC(=O)CCCCCC(=O)Nc3ccccc3N)c2O[C@@H]1CN(C)C(=O)Nc1ccc(C(F)(F)F)cc1. The van der Waals surface area contributed by atoms with E-state index in [1.54, 1.807) is 49.4 Å². The number of hydrogen-bond donors (Lipinski definition) is 5. The number of nitrogens with zero attached hydrogens (tertiary/aromatic N) is 2. The number of carbonyl (C=O) groups is 4. The molecule has 0 saturated carbocycles. The Morgan fingerprint density at radius 1 is 0.942 bits per heavy atom. The van der Waals surface area contributed by atoms with Crippen LogP contribution in [-0.4, -0.2) is 77.5 Å². The Balaban J connectivity index is 1.42. The van der Waals surface area contributed by atoms with E-state index in [-0.39, 0.29) is 73.0 Å². The molecule has 1 aliphatic heterocycles. The summed E-state index contributed by atoms with van der Waals surface area (Å²) in [7, 11) is 1.50. The molecule has 6 N–H and O–H groups in total. The van der Waals surface area contributed by atoms with Crippen molar-refractivity contribution in [3.05, 3.63) is 77.9 Å². The first kappa shape index (κ1) is 39.5. The van der Waals surface area contributed by atoms with Crippen LogP contribution in [0.4, 0.5) is 40.7 Å². The van der Waals surface area contributed by atoms with Gasteiger partial charge >= 0.3 is 12.2 Å². The summed E-state index contributed by atoms with van der Waals surface area (Å²) in [4.78, 5) is 55.1. The fraction of sp³-hybridized carbons (Fsp3) is 0.405. The van der Waals surface area contributed by atoms with Crippen LogP contribution in [0.5, 0.6) is 5.75 Å². The van der Waals surface area contributed by atoms with Crippen LogP contribution in [0.25, 0.3) is 0 Å². The number of nitrogens with one attached hydrogen (secondary N) is 3. The normalized spacial score (nSPS) is 16.4. The predicted octanol–water partition coefficient (Wildman–Crippen LogP) is 6.20. The topological polar surface area (TPSA) is 166 Å². The molecule has 1 aliphatic rings. The minimum absolute atomic E-state index is 0.00926. The fourth-order valence-corrected chi connectivity index (χ4v) is 5.66. The molecule has 0 spiro atoms. The third-order valence-corrected chi connectivity index (χ3v) is 8.77. The van der Waals surface area contributed by atoms with Crippen LogP contribution in [-0.2, 0) is 15.8 Å². The Kier molecular flexibility index (Phi) is 13.5. The Bertz CT molecular complexity index is 1720. The Morgan fingerprint density at radius 2 is 1.56 bits per heavy atom. The molecule has 12 nitrogen and oxygen atoms in total. The van der Waals surface area contributed by atoms with Crippen LogP contribution in [0, 0.1) is 5.92 Å². The summed E-state index contributed by atoms with van der Waals surface area (Å²) in [5.41, 5.74) is 6.63. The van der Waals surface area contributed by atoms with Crippen molar-refractivity contribution >= 4 is 46.5 Å². The van der Waals surface area contributed by atoms with Crippen molar-refractivity contribution in [1.82, 2.24) is 9.80 Å². The van der Waals surface area contributed by atoms with Gasteiger partial charge in [0.1, 0.15) is 6.10 Å². The zero-order chi connectivity index (χ0) is 38.0. The molecule has 3 aromatic rings. The molecule has 0 aliphatic carbocycles. The Hall–Kier alpha value is -5.31. The second kappa shape index (κ2) is 17.8. The maximum atomic E-state index is 13.8. The number of likely N-dealkylation sites (N-methyl/N-ethyl adjacent to an activating group) is 1. The van der Waals surface area contributed by atoms with E-state index in [9.17, 15) is 37.5 Å². The lowest BCUT2D eigenvalue weighted by atomic mass is 9.99. The van der Waals surface area contributed by atoms with Gasteiger partial charge in [0.15, 0.2) is 5.75 Å². The van der Waals surface area contributed by atoms with Gasteiger partial charge in [0.05, 0.1) is 47.4 Å². The van der Waals surface area contributed by atoms with Gasteiger partial charge in [0.25, 0.3) is 5.91 Å². The summed E-state index contributed by atoms with van der Waals surface area (Å²) >= 11 is 0. The van der Waals surface area contributed by atoms with Gasteiger partial charge in [0.2, 0.25) is 11.8 Å². The highest BCUT2D eigenvalue weighted by Crippen LogP contribution is 2.35. The lowest BCUT2D eigenvalue weighted by molar-refractivity contribution is -0.137. The second-order valence-electron chi connectivity index (χ2n) is 12.9. The number of fused-ring (bicyclic) bond motifs is 1. The number of ether oxygens (including phenoxy) is 1. The summed E-state index contributed by atoms with van der Waals surface area (Å²) in [6.45, 7) is 3.44. The number of nitrogens with two attached hydrogens (primary N) is 1. The number of amides is 5. The molecule has 0 unspecified atom stereocenters. The first-order valence-corrected chi connectivity index (χ1v) is 17.0. The van der Waals surface area contributed by atoms with E-state index >= 15 is 0 Å². The van der Waals surface area contributed by atoms with E-state index in [2.05, 4.69) is 16.0 Å². The molecule has 15 heteroatoms. The highest BCUT2D eigenvalue weighted by molar-refractivity contribution is 6.01. The summed E-state index contributed by atoms with van der Waals surface area (Å²) in [6.07, 6.45) is -3.14. The van der Waals surface area contributed by atoms with Gasteiger partial charge in [0, 0.05) is 38.0 Å². The van der Waals surface area contributed by atoms with Crippen molar-refractivity contribution in [2.45, 2.75) is 64.3 Å². The van der Waals surface area contributed by atoms with Crippen LogP contribution >= 0.6 is 0 Å². The van der Waals surface area contributed by atoms with Gasteiger partial charge in [-0.3, -0.25) is 14.4 Å². The summed E-state index contributed by atoms with van der Waals surface area (Å²) < 4.78 is 45.4. The molecule has 4 rings (SSSR count). The fourth-order valence-electron chi connectivity index (χ4n) is 5.66. The molecular weight excluding hydrogens is 681 g/mol. The average molecular weight is 727 g/mol. The van der Waals surface area contributed by atoms with Crippen LogP contribution in [0.3, 0.4) is 0 Å². The van der Waals surface area contributed by atoms with Gasteiger partial charge in [-0.25, -0.2) is 4.79 Å². The number of aliphatic hydroxyl groups excluding tert-OH is 1. The molecule has 0 aromatic heterocycles. The average Bonchev–Trinajstić information content (AvgIpc) is 3.10. The van der Waals surface area contributed by atoms with Crippen molar-refractivity contribution in [2.75, 3.05) is 48.4 Å². The van der Waals surface area contributed by atoms with Crippen molar-refractivity contribution in [3.63, 3.8) is 0 Å². The van der Waals surface area contributed by atoms with Gasteiger partial charge in [-0.2, -0.15) is 13.2 Å². The zero-order valence-electron chi connectivity index (χ0n) is 29.3. The number of para-hydroxylation sites is 3. The molecule has 3 atom stereocenters. The van der Waals surface area contributed by atoms with E-state index < -0.39 is 35.8 Å². The van der Waals surface area contributed by atoms with Crippen LogP contribution in [0.1, 0.15) is 61.9 Å². The maximum absolute atomic E-state index is 13.8. The molecule has 0 bridgehead atoms. The molecule has 0 radical (unpaired) electrons. The maximum Gasteiger partial charge on any atom is 0.416 e. The van der Waals surface area contributed by atoms with Gasteiger partial charge in [-0.15, -0.1) is 0 Å². The number of halogens is 3. The molecule has 1 heterocycles. The van der Waals surface area contributed by atoms with E-state index in [0.29, 0.717) is 30.6 Å². The zero-order valence-corrected chi connectivity index (χ0v) is 29.3. The standard InChI is InChI=1S/C37H45F3N6O6/c1-23-20-46(24(2)22-47)35(50)27-10-9-13-30(44-33(49)15-6-4-5-14-32(48)43-29-12-8-7-11-28(29)41)34(27)52-31(23)21-45(3)36(51)42-26-18-16-25(17-19-26)37(38,39)40/h7-13,16-19,23-24,31,47H,4-6,14-15,20-22,41H2,1-3H3,(H,42,51)(H,43,48)(H,44,49)/t23-,24-,31+/m0/s1. The molecule has 3 aromatic carbocycles. The second-order valence-corrected chi connectivity index (χ2v) is 12.9. The van der Waals surface area contributed by atoms with E-state index in [4.69, 9.17) is 10.5 Å². The Morgan fingerprint density at radius 3 is 2.17 bits per heavy atom. The first-order valence-electron chi connectivity index (χ1n) is 17.0. The van der Waals surface area contributed by atoms with E-state index in [0.717, 1.165) is 24.3 Å². The summed E-state index contributed by atoms with van der Waals surface area (Å²) in [6, 6.07) is 14.7. The molecule has 5 amide bonds. The molecule has 0 fully saturated rings. The highest BCUT2D eigenvalue weighted by atomic mass is 19.4. The minimum atomic E-state index is -4.51. The monoisotopic (exact) mass is 726 g/mol. The largest absolute Gasteiger partial charge is 0.485 e. The number of nitrogen functional groups attached to an aromatic ring is 1. The van der Waals surface area contributed by atoms with Crippen molar-refractivity contribution in [3.8, 4) is 5.75 Å². The van der Waals surface area contributed by atoms with Crippen molar-refractivity contribution in [1.29, 1.82) is 0 Å². The predicted molar refractivity (Wildman–Crippen MR) is 192 cm³/mol. The number of alkyl halides is 3. The number of benzene rings is 3. The van der Waals surface area contributed by atoms with Crippen molar-refractivity contribution in [2.24, 2.45) is 5.92 Å². The van der Waals surface area contributed by atoms with Crippen LogP contribution < -0.4 is 26.4 Å². The number of carbonyl (C=O) groups excluding carboxylic acids is 4. The lowest BCUT2D eigenvalue weighted by Gasteiger charge is -2.38. The number of urea groups is 1. The van der Waals surface area contributed by atoms with E-state index in [1.165, 1.54) is 16.8 Å². The third-order valence-electron chi connectivity index (χ3n) is 8.77. The quantitative estimate of drug-likeness (QED) is 0.103. The summed E-state index contributed by atoms with van der Waals surface area (Å²) in [5, 5.41) is 18.2. The molecule has 0 saturated heterocycles.